The zero-order valence-electron chi connectivity index (χ0n) is 9.26. The van der Waals surface area contributed by atoms with Crippen molar-refractivity contribution in [2.75, 3.05) is 0 Å². The molecule has 0 saturated heterocycles. The maximum atomic E-state index is 6.17. The summed E-state index contributed by atoms with van der Waals surface area (Å²) >= 11 is 0. The van der Waals surface area contributed by atoms with E-state index in [-0.39, 0.29) is 6.04 Å². The third kappa shape index (κ3) is 2.75. The van der Waals surface area contributed by atoms with Crippen molar-refractivity contribution in [3.8, 4) is 0 Å². The molecule has 1 heterocycles. The van der Waals surface area contributed by atoms with E-state index in [1.54, 1.807) is 7.05 Å². The van der Waals surface area contributed by atoms with Crippen LogP contribution in [0.5, 0.6) is 0 Å². The summed E-state index contributed by atoms with van der Waals surface area (Å²) in [6.07, 6.45) is 7.31. The van der Waals surface area contributed by atoms with Crippen LogP contribution in [0.4, 0.5) is 0 Å². The summed E-state index contributed by atoms with van der Waals surface area (Å²) in [7, 11) is 1.78. The van der Waals surface area contributed by atoms with Gasteiger partial charge in [-0.25, -0.2) is 0 Å². The second-order valence-corrected chi connectivity index (χ2v) is 4.46. The third-order valence-corrected chi connectivity index (χ3v) is 3.22. The third-order valence-electron chi connectivity index (χ3n) is 3.22. The van der Waals surface area contributed by atoms with Gasteiger partial charge < -0.3 is 5.73 Å². The fraction of sp³-hybridized carbons (Fsp3) is 0.900. The molecule has 84 valence electrons. The van der Waals surface area contributed by atoms with Crippen LogP contribution in [0.15, 0.2) is 0 Å². The van der Waals surface area contributed by atoms with Gasteiger partial charge in [0.1, 0.15) is 0 Å². The molecule has 0 amide bonds. The lowest BCUT2D eigenvalue weighted by atomic mass is 9.83. The van der Waals surface area contributed by atoms with Gasteiger partial charge in [0.05, 0.1) is 7.05 Å². The minimum absolute atomic E-state index is 0.203. The first-order chi connectivity index (χ1) is 7.25. The largest absolute Gasteiger partial charge is 0.327 e. The maximum absolute atomic E-state index is 6.17. The molecule has 1 saturated carbocycles. The number of hydrogen-bond donors (Lipinski definition) is 1. The fourth-order valence-corrected chi connectivity index (χ4v) is 2.34. The van der Waals surface area contributed by atoms with Crippen LogP contribution in [-0.2, 0) is 13.5 Å². The Morgan fingerprint density at radius 1 is 1.40 bits per heavy atom. The van der Waals surface area contributed by atoms with E-state index in [2.05, 4.69) is 15.4 Å². The minimum Gasteiger partial charge on any atom is -0.327 e. The van der Waals surface area contributed by atoms with Crippen LogP contribution in [0.2, 0.25) is 0 Å². The number of hydrogen-bond acceptors (Lipinski definition) is 4. The maximum Gasteiger partial charge on any atom is 0.176 e. The molecule has 5 nitrogen and oxygen atoms in total. The van der Waals surface area contributed by atoms with Crippen LogP contribution in [0, 0.1) is 5.92 Å². The minimum atomic E-state index is 0.203. The highest BCUT2D eigenvalue weighted by Gasteiger charge is 2.21. The van der Waals surface area contributed by atoms with Crippen LogP contribution in [0.25, 0.3) is 0 Å². The molecular formula is C10H19N5. The van der Waals surface area contributed by atoms with E-state index in [0.29, 0.717) is 5.92 Å². The van der Waals surface area contributed by atoms with Gasteiger partial charge in [0.15, 0.2) is 5.82 Å². The van der Waals surface area contributed by atoms with E-state index in [1.807, 2.05) is 0 Å². The quantitative estimate of drug-likeness (QED) is 0.794. The molecule has 1 unspecified atom stereocenters. The summed E-state index contributed by atoms with van der Waals surface area (Å²) < 4.78 is 0. The number of nitrogens with zero attached hydrogens (tertiary/aromatic N) is 4. The SMILES string of the molecule is Cn1nnc(CC(N)C2CCCCC2)n1. The second kappa shape index (κ2) is 4.70. The molecule has 0 spiro atoms. The predicted molar refractivity (Wildman–Crippen MR) is 57.1 cm³/mol. The van der Waals surface area contributed by atoms with Gasteiger partial charge in [-0.1, -0.05) is 19.3 Å². The number of nitrogens with two attached hydrogens (primary N) is 1. The molecule has 1 atom stereocenters. The van der Waals surface area contributed by atoms with Gasteiger partial charge in [0, 0.05) is 12.5 Å². The van der Waals surface area contributed by atoms with Crippen molar-refractivity contribution >= 4 is 0 Å². The molecule has 1 aromatic heterocycles. The van der Waals surface area contributed by atoms with Crippen molar-refractivity contribution < 1.29 is 0 Å². The molecule has 2 N–H and O–H groups in total. The number of aryl methyl sites for hydroxylation is 1. The summed E-state index contributed by atoms with van der Waals surface area (Å²) in [6, 6.07) is 0.203. The van der Waals surface area contributed by atoms with E-state index in [9.17, 15) is 0 Å². The second-order valence-electron chi connectivity index (χ2n) is 4.46. The number of aromatic nitrogens is 4. The van der Waals surface area contributed by atoms with Gasteiger partial charge in [0.2, 0.25) is 0 Å². The Labute approximate surface area is 90.0 Å². The fourth-order valence-electron chi connectivity index (χ4n) is 2.34. The zero-order chi connectivity index (χ0) is 10.7. The lowest BCUT2D eigenvalue weighted by molar-refractivity contribution is 0.301. The monoisotopic (exact) mass is 209 g/mol. The Morgan fingerprint density at radius 2 is 2.13 bits per heavy atom. The summed E-state index contributed by atoms with van der Waals surface area (Å²) in [5.74, 6) is 1.43. The Bertz CT molecular complexity index is 303. The van der Waals surface area contributed by atoms with Gasteiger partial charge in [-0.2, -0.15) is 4.80 Å². The lowest BCUT2D eigenvalue weighted by Crippen LogP contribution is -2.34. The summed E-state index contributed by atoms with van der Waals surface area (Å²) in [5.41, 5.74) is 6.17. The van der Waals surface area contributed by atoms with Crippen LogP contribution in [-0.4, -0.2) is 26.2 Å². The number of tetrazole rings is 1. The average molecular weight is 209 g/mol. The molecule has 2 rings (SSSR count). The van der Waals surface area contributed by atoms with E-state index in [1.165, 1.54) is 36.9 Å². The molecule has 1 aliphatic rings. The standard InChI is InChI=1S/C10H19N5/c1-15-13-10(12-14-15)7-9(11)8-5-3-2-4-6-8/h8-9H,2-7,11H2,1H3. The number of rotatable bonds is 3. The Kier molecular flexibility index (Phi) is 3.30. The van der Waals surface area contributed by atoms with Crippen molar-refractivity contribution in [2.24, 2.45) is 18.7 Å². The van der Waals surface area contributed by atoms with Gasteiger partial charge in [-0.05, 0) is 24.0 Å². The van der Waals surface area contributed by atoms with Gasteiger partial charge in [0.25, 0.3) is 0 Å². The average Bonchev–Trinajstić information content (AvgIpc) is 2.65. The van der Waals surface area contributed by atoms with Gasteiger partial charge in [-0.15, -0.1) is 10.2 Å². The van der Waals surface area contributed by atoms with Crippen LogP contribution in [0.1, 0.15) is 37.9 Å². The molecule has 0 aliphatic heterocycles. The molecule has 1 aromatic rings. The van der Waals surface area contributed by atoms with E-state index in [0.717, 1.165) is 12.2 Å². The highest BCUT2D eigenvalue weighted by molar-refractivity contribution is 4.87. The summed E-state index contributed by atoms with van der Waals surface area (Å²) in [6.45, 7) is 0. The van der Waals surface area contributed by atoms with Crippen LogP contribution in [0.3, 0.4) is 0 Å². The van der Waals surface area contributed by atoms with Crippen LogP contribution >= 0.6 is 0 Å². The van der Waals surface area contributed by atoms with Crippen molar-refractivity contribution in [2.45, 2.75) is 44.6 Å². The topological polar surface area (TPSA) is 69.6 Å². The molecule has 0 bridgehead atoms. The first-order valence-electron chi connectivity index (χ1n) is 5.74. The smallest absolute Gasteiger partial charge is 0.176 e. The van der Waals surface area contributed by atoms with E-state index in [4.69, 9.17) is 5.73 Å². The van der Waals surface area contributed by atoms with Crippen molar-refractivity contribution in [3.05, 3.63) is 5.82 Å². The van der Waals surface area contributed by atoms with E-state index >= 15 is 0 Å². The molecule has 0 aromatic carbocycles. The summed E-state index contributed by atoms with van der Waals surface area (Å²) in [4.78, 5) is 1.49. The van der Waals surface area contributed by atoms with Crippen molar-refractivity contribution in [1.29, 1.82) is 0 Å². The Hall–Kier alpha value is -0.970. The first kappa shape index (κ1) is 10.5. The first-order valence-corrected chi connectivity index (χ1v) is 5.74. The van der Waals surface area contributed by atoms with Crippen LogP contribution < -0.4 is 5.73 Å². The highest BCUT2D eigenvalue weighted by Crippen LogP contribution is 2.26. The molecular weight excluding hydrogens is 190 g/mol. The lowest BCUT2D eigenvalue weighted by Gasteiger charge is -2.26. The highest BCUT2D eigenvalue weighted by atomic mass is 15.6. The summed E-state index contributed by atoms with van der Waals surface area (Å²) in [5, 5.41) is 11.9. The molecule has 15 heavy (non-hydrogen) atoms. The molecule has 0 radical (unpaired) electrons. The van der Waals surface area contributed by atoms with Gasteiger partial charge >= 0.3 is 0 Å². The molecule has 5 heteroatoms. The normalized spacial score (nSPS) is 20.4. The Balaban J connectivity index is 1.88. The van der Waals surface area contributed by atoms with Crippen molar-refractivity contribution in [1.82, 2.24) is 20.2 Å². The zero-order valence-corrected chi connectivity index (χ0v) is 9.26. The van der Waals surface area contributed by atoms with Crippen molar-refractivity contribution in [3.63, 3.8) is 0 Å². The van der Waals surface area contributed by atoms with E-state index < -0.39 is 0 Å². The Morgan fingerprint density at radius 3 is 2.73 bits per heavy atom. The molecule has 1 fully saturated rings. The predicted octanol–water partition coefficient (Wildman–Crippen LogP) is 0.660. The van der Waals surface area contributed by atoms with Gasteiger partial charge in [-0.3, -0.25) is 0 Å². The molecule has 1 aliphatic carbocycles.